The Labute approximate surface area is 121 Å². The van der Waals surface area contributed by atoms with Crippen LogP contribution >= 0.6 is 0 Å². The van der Waals surface area contributed by atoms with Gasteiger partial charge in [-0.15, -0.1) is 0 Å². The summed E-state index contributed by atoms with van der Waals surface area (Å²) in [5.74, 6) is 0. The fourth-order valence-corrected chi connectivity index (χ4v) is 2.63. The maximum atomic E-state index is 9.29. The molecule has 2 nitrogen and oxygen atoms in total. The highest BCUT2D eigenvalue weighted by Crippen LogP contribution is 2.24. The molecule has 0 fully saturated rings. The van der Waals surface area contributed by atoms with E-state index in [-0.39, 0.29) is 6.61 Å². The quantitative estimate of drug-likeness (QED) is 0.834. The summed E-state index contributed by atoms with van der Waals surface area (Å²) in [6, 6.07) is 21.4. The van der Waals surface area contributed by atoms with E-state index < -0.39 is 0 Å². The number of benzene rings is 2. The SMILES string of the molecule is CCN(CCO)C(Cc1ccccc1)c1ccccc1. The molecule has 0 aliphatic carbocycles. The highest BCUT2D eigenvalue weighted by molar-refractivity contribution is 5.24. The summed E-state index contributed by atoms with van der Waals surface area (Å²) in [5, 5.41) is 9.29. The van der Waals surface area contributed by atoms with Gasteiger partial charge in [-0.3, -0.25) is 4.90 Å². The first-order chi connectivity index (χ1) is 9.85. The Hall–Kier alpha value is -1.64. The summed E-state index contributed by atoms with van der Waals surface area (Å²) in [6.07, 6.45) is 0.971. The van der Waals surface area contributed by atoms with Gasteiger partial charge in [0.15, 0.2) is 0 Å². The van der Waals surface area contributed by atoms with Gasteiger partial charge < -0.3 is 5.11 Å². The predicted molar refractivity (Wildman–Crippen MR) is 83.7 cm³/mol. The molecule has 0 saturated carbocycles. The molecule has 2 heteroatoms. The summed E-state index contributed by atoms with van der Waals surface area (Å²) in [4.78, 5) is 2.34. The van der Waals surface area contributed by atoms with Crippen molar-refractivity contribution >= 4 is 0 Å². The summed E-state index contributed by atoms with van der Waals surface area (Å²) >= 11 is 0. The first-order valence-corrected chi connectivity index (χ1v) is 7.29. The number of hydrogen-bond donors (Lipinski definition) is 1. The molecule has 106 valence electrons. The largest absolute Gasteiger partial charge is 0.395 e. The molecule has 1 N–H and O–H groups in total. The van der Waals surface area contributed by atoms with Crippen LogP contribution in [0.25, 0.3) is 0 Å². The van der Waals surface area contributed by atoms with Gasteiger partial charge in [0, 0.05) is 12.6 Å². The molecule has 0 heterocycles. The highest BCUT2D eigenvalue weighted by Gasteiger charge is 2.18. The van der Waals surface area contributed by atoms with Crippen LogP contribution in [0.5, 0.6) is 0 Å². The zero-order chi connectivity index (χ0) is 14.2. The first kappa shape index (κ1) is 14.8. The molecule has 2 aromatic carbocycles. The van der Waals surface area contributed by atoms with E-state index in [0.717, 1.165) is 13.0 Å². The lowest BCUT2D eigenvalue weighted by Gasteiger charge is -2.30. The minimum Gasteiger partial charge on any atom is -0.395 e. The van der Waals surface area contributed by atoms with Crippen LogP contribution in [-0.2, 0) is 6.42 Å². The molecular weight excluding hydrogens is 246 g/mol. The summed E-state index contributed by atoms with van der Waals surface area (Å²) in [6.45, 7) is 4.00. The summed E-state index contributed by atoms with van der Waals surface area (Å²) in [5.41, 5.74) is 2.64. The van der Waals surface area contributed by atoms with E-state index in [4.69, 9.17) is 0 Å². The van der Waals surface area contributed by atoms with Crippen LogP contribution in [0, 0.1) is 0 Å². The Balaban J connectivity index is 2.24. The lowest BCUT2D eigenvalue weighted by atomic mass is 9.97. The van der Waals surface area contributed by atoms with Crippen LogP contribution in [-0.4, -0.2) is 29.7 Å². The van der Waals surface area contributed by atoms with E-state index in [9.17, 15) is 5.11 Å². The Morgan fingerprint density at radius 1 is 0.950 bits per heavy atom. The molecule has 2 rings (SSSR count). The summed E-state index contributed by atoms with van der Waals surface area (Å²) < 4.78 is 0. The second-order valence-electron chi connectivity index (χ2n) is 4.97. The van der Waals surface area contributed by atoms with E-state index >= 15 is 0 Å². The maximum absolute atomic E-state index is 9.29. The van der Waals surface area contributed by atoms with Crippen molar-refractivity contribution in [2.45, 2.75) is 19.4 Å². The van der Waals surface area contributed by atoms with Crippen LogP contribution in [0.4, 0.5) is 0 Å². The normalized spacial score (nSPS) is 12.6. The van der Waals surface area contributed by atoms with Gasteiger partial charge >= 0.3 is 0 Å². The fourth-order valence-electron chi connectivity index (χ4n) is 2.63. The molecule has 1 unspecified atom stereocenters. The topological polar surface area (TPSA) is 23.5 Å². The third-order valence-electron chi connectivity index (χ3n) is 3.69. The van der Waals surface area contributed by atoms with E-state index in [0.29, 0.717) is 12.6 Å². The molecule has 0 spiro atoms. The van der Waals surface area contributed by atoms with Gasteiger partial charge in [0.05, 0.1) is 6.61 Å². The fraction of sp³-hybridized carbons (Fsp3) is 0.333. The van der Waals surface area contributed by atoms with Crippen LogP contribution in [0.15, 0.2) is 60.7 Å². The zero-order valence-corrected chi connectivity index (χ0v) is 12.1. The van der Waals surface area contributed by atoms with Gasteiger partial charge in [-0.2, -0.15) is 0 Å². The second kappa shape index (κ2) is 7.83. The van der Waals surface area contributed by atoms with Crippen LogP contribution in [0.3, 0.4) is 0 Å². The van der Waals surface area contributed by atoms with Crippen LogP contribution in [0.1, 0.15) is 24.1 Å². The van der Waals surface area contributed by atoms with Gasteiger partial charge in [0.1, 0.15) is 0 Å². The summed E-state index contributed by atoms with van der Waals surface area (Å²) in [7, 11) is 0. The van der Waals surface area contributed by atoms with Crippen molar-refractivity contribution in [3.8, 4) is 0 Å². The molecule has 2 aromatic rings. The number of aliphatic hydroxyl groups excluding tert-OH is 1. The number of aliphatic hydroxyl groups is 1. The monoisotopic (exact) mass is 269 g/mol. The molecule has 20 heavy (non-hydrogen) atoms. The number of rotatable bonds is 7. The van der Waals surface area contributed by atoms with E-state index in [2.05, 4.69) is 60.4 Å². The van der Waals surface area contributed by atoms with E-state index in [1.807, 2.05) is 12.1 Å². The van der Waals surface area contributed by atoms with Gasteiger partial charge in [-0.05, 0) is 24.1 Å². The number of nitrogens with zero attached hydrogens (tertiary/aromatic N) is 1. The molecule has 1 atom stereocenters. The van der Waals surface area contributed by atoms with Crippen molar-refractivity contribution in [1.29, 1.82) is 0 Å². The Bertz CT molecular complexity index is 483. The molecule has 0 amide bonds. The predicted octanol–water partition coefficient (Wildman–Crippen LogP) is 3.28. The molecule has 0 aliphatic heterocycles. The smallest absolute Gasteiger partial charge is 0.0558 e. The average molecular weight is 269 g/mol. The van der Waals surface area contributed by atoms with E-state index in [1.54, 1.807) is 0 Å². The Morgan fingerprint density at radius 2 is 1.55 bits per heavy atom. The second-order valence-corrected chi connectivity index (χ2v) is 4.97. The van der Waals surface area contributed by atoms with Crippen molar-refractivity contribution in [3.05, 3.63) is 71.8 Å². The molecule has 0 bridgehead atoms. The zero-order valence-electron chi connectivity index (χ0n) is 12.1. The number of likely N-dealkylation sites (N-methyl/N-ethyl adjacent to an activating group) is 1. The minimum absolute atomic E-state index is 0.200. The third kappa shape index (κ3) is 3.92. The molecule has 0 aliphatic rings. The van der Waals surface area contributed by atoms with E-state index in [1.165, 1.54) is 11.1 Å². The van der Waals surface area contributed by atoms with Gasteiger partial charge in [-0.25, -0.2) is 0 Å². The molecule has 0 saturated heterocycles. The van der Waals surface area contributed by atoms with Crippen LogP contribution in [0.2, 0.25) is 0 Å². The Kier molecular flexibility index (Phi) is 5.78. The molecular formula is C18H23NO. The standard InChI is InChI=1S/C18H23NO/c1-2-19(13-14-20)18(17-11-7-4-8-12-17)15-16-9-5-3-6-10-16/h3-12,18,20H,2,13-15H2,1H3. The lowest BCUT2D eigenvalue weighted by Crippen LogP contribution is -2.32. The van der Waals surface area contributed by atoms with Gasteiger partial charge in [0.2, 0.25) is 0 Å². The lowest BCUT2D eigenvalue weighted by molar-refractivity contribution is 0.156. The Morgan fingerprint density at radius 3 is 2.10 bits per heavy atom. The number of hydrogen-bond acceptors (Lipinski definition) is 2. The van der Waals surface area contributed by atoms with Crippen molar-refractivity contribution in [1.82, 2.24) is 4.90 Å². The average Bonchev–Trinajstić information content (AvgIpc) is 2.52. The first-order valence-electron chi connectivity index (χ1n) is 7.29. The van der Waals surface area contributed by atoms with Crippen molar-refractivity contribution in [2.24, 2.45) is 0 Å². The third-order valence-corrected chi connectivity index (χ3v) is 3.69. The van der Waals surface area contributed by atoms with Crippen molar-refractivity contribution < 1.29 is 5.11 Å². The minimum atomic E-state index is 0.200. The maximum Gasteiger partial charge on any atom is 0.0558 e. The van der Waals surface area contributed by atoms with Crippen molar-refractivity contribution in [3.63, 3.8) is 0 Å². The highest BCUT2D eigenvalue weighted by atomic mass is 16.3. The van der Waals surface area contributed by atoms with Gasteiger partial charge in [-0.1, -0.05) is 67.6 Å². The van der Waals surface area contributed by atoms with Crippen molar-refractivity contribution in [2.75, 3.05) is 19.7 Å². The van der Waals surface area contributed by atoms with Gasteiger partial charge in [0.25, 0.3) is 0 Å². The van der Waals surface area contributed by atoms with Crippen LogP contribution < -0.4 is 0 Å². The molecule has 0 radical (unpaired) electrons. The molecule has 0 aromatic heterocycles.